The summed E-state index contributed by atoms with van der Waals surface area (Å²) in [6.45, 7) is 0. The number of carbonyl (C=O) groups is 1. The first-order valence-corrected chi connectivity index (χ1v) is 4.95. The van der Waals surface area contributed by atoms with Gasteiger partial charge in [0.2, 0.25) is 0 Å². The minimum Gasteiger partial charge on any atom is -0.299 e. The quantitative estimate of drug-likeness (QED) is 0.504. The standard InChI is InChI=1S/C11H16O/c12-11-8-3-1-2-5-9-6-4-7-10(9)11/h1-2,9-10H,3-8H2/b2-1-/t9-,10+/m0/s1/i2D. The first-order valence-electron chi connectivity index (χ1n) is 5.45. The third kappa shape index (κ3) is 1.45. The van der Waals surface area contributed by atoms with Crippen LogP contribution in [0.15, 0.2) is 12.1 Å². The fraction of sp³-hybridized carbons (Fsp3) is 0.727. The highest BCUT2D eigenvalue weighted by atomic mass is 16.1. The largest absolute Gasteiger partial charge is 0.299 e. The molecule has 0 N–H and O–H groups in total. The van der Waals surface area contributed by atoms with Crippen molar-refractivity contribution in [2.24, 2.45) is 11.8 Å². The van der Waals surface area contributed by atoms with Crippen molar-refractivity contribution in [1.82, 2.24) is 0 Å². The van der Waals surface area contributed by atoms with E-state index in [1.165, 1.54) is 6.42 Å². The fourth-order valence-electron chi connectivity index (χ4n) is 2.44. The molecule has 0 aromatic rings. The molecule has 0 amide bonds. The number of carbonyl (C=O) groups excluding carboxylic acids is 1. The summed E-state index contributed by atoms with van der Waals surface area (Å²) in [7, 11) is 0. The van der Waals surface area contributed by atoms with Crippen molar-refractivity contribution in [2.45, 2.75) is 38.5 Å². The van der Waals surface area contributed by atoms with Crippen molar-refractivity contribution in [2.75, 3.05) is 0 Å². The summed E-state index contributed by atoms with van der Waals surface area (Å²) in [5.74, 6) is 1.25. The molecule has 1 heteroatoms. The van der Waals surface area contributed by atoms with Crippen LogP contribution in [0, 0.1) is 11.8 Å². The summed E-state index contributed by atoms with van der Waals surface area (Å²) in [6.07, 6.45) is 7.66. The van der Waals surface area contributed by atoms with Gasteiger partial charge in [0, 0.05) is 12.3 Å². The second-order valence-corrected chi connectivity index (χ2v) is 3.91. The van der Waals surface area contributed by atoms with Gasteiger partial charge >= 0.3 is 0 Å². The molecule has 0 heterocycles. The maximum atomic E-state index is 11.7. The Hall–Kier alpha value is -0.590. The van der Waals surface area contributed by atoms with Gasteiger partial charge in [0.05, 0.1) is 1.37 Å². The van der Waals surface area contributed by atoms with Crippen molar-refractivity contribution in [1.29, 1.82) is 0 Å². The van der Waals surface area contributed by atoms with Gasteiger partial charge in [-0.15, -0.1) is 0 Å². The zero-order chi connectivity index (χ0) is 9.26. The van der Waals surface area contributed by atoms with Gasteiger partial charge in [-0.1, -0.05) is 18.5 Å². The fourth-order valence-corrected chi connectivity index (χ4v) is 2.44. The smallest absolute Gasteiger partial charge is 0.136 e. The molecule has 1 saturated carbocycles. The normalized spacial score (nSPS) is 42.2. The number of Topliss-reactive ketones (excluding diaryl/α,β-unsaturated/α-hetero) is 1. The lowest BCUT2D eigenvalue weighted by Gasteiger charge is -2.18. The Morgan fingerprint density at radius 2 is 2.42 bits per heavy atom. The Kier molecular flexibility index (Phi) is 1.96. The summed E-state index contributed by atoms with van der Waals surface area (Å²) >= 11 is 0. The number of fused-ring (bicyclic) bond motifs is 1. The summed E-state index contributed by atoms with van der Waals surface area (Å²) in [6, 6.07) is 0.754. The number of rotatable bonds is 0. The van der Waals surface area contributed by atoms with Crippen molar-refractivity contribution in [3.05, 3.63) is 12.1 Å². The maximum absolute atomic E-state index is 11.7. The molecule has 0 unspecified atom stereocenters. The van der Waals surface area contributed by atoms with Gasteiger partial charge in [-0.3, -0.25) is 4.79 Å². The molecule has 0 bridgehead atoms. The van der Waals surface area contributed by atoms with E-state index in [9.17, 15) is 4.79 Å². The number of hydrogen-bond acceptors (Lipinski definition) is 1. The molecule has 12 heavy (non-hydrogen) atoms. The van der Waals surface area contributed by atoms with Crippen LogP contribution in [0.4, 0.5) is 0 Å². The topological polar surface area (TPSA) is 17.1 Å². The van der Waals surface area contributed by atoms with Crippen LogP contribution in [-0.4, -0.2) is 5.78 Å². The van der Waals surface area contributed by atoms with E-state index in [4.69, 9.17) is 1.37 Å². The molecular formula is C11H16O. The monoisotopic (exact) mass is 165 g/mol. The number of hydrogen-bond donors (Lipinski definition) is 0. The van der Waals surface area contributed by atoms with Gasteiger partial charge in [-0.05, 0) is 31.6 Å². The molecular weight excluding hydrogens is 148 g/mol. The van der Waals surface area contributed by atoms with Gasteiger partial charge in [0.25, 0.3) is 0 Å². The van der Waals surface area contributed by atoms with E-state index < -0.39 is 0 Å². The van der Waals surface area contributed by atoms with Crippen molar-refractivity contribution >= 4 is 5.78 Å². The van der Waals surface area contributed by atoms with Crippen molar-refractivity contribution in [3.8, 4) is 0 Å². The summed E-state index contributed by atoms with van der Waals surface area (Å²) in [5, 5.41) is 0. The van der Waals surface area contributed by atoms with Crippen LogP contribution < -0.4 is 0 Å². The molecule has 0 aromatic carbocycles. The molecule has 1 nitrogen and oxygen atoms in total. The molecule has 2 rings (SSSR count). The third-order valence-corrected chi connectivity index (χ3v) is 3.13. The molecule has 2 aliphatic carbocycles. The van der Waals surface area contributed by atoms with Crippen LogP contribution in [0.2, 0.25) is 0 Å². The molecule has 0 spiro atoms. The lowest BCUT2D eigenvalue weighted by molar-refractivity contribution is -0.123. The van der Waals surface area contributed by atoms with Gasteiger partial charge in [0.15, 0.2) is 0 Å². The Balaban J connectivity index is 2.15. The maximum Gasteiger partial charge on any atom is 0.136 e. The summed E-state index contributed by atoms with van der Waals surface area (Å²) in [5.41, 5.74) is 0. The molecule has 0 aliphatic heterocycles. The predicted octanol–water partition coefficient (Wildman–Crippen LogP) is 2.71. The van der Waals surface area contributed by atoms with Crippen molar-refractivity contribution in [3.63, 3.8) is 0 Å². The summed E-state index contributed by atoms with van der Waals surface area (Å²) in [4.78, 5) is 11.7. The predicted molar refractivity (Wildman–Crippen MR) is 48.8 cm³/mol. The van der Waals surface area contributed by atoms with Gasteiger partial charge in [0.1, 0.15) is 5.78 Å². The van der Waals surface area contributed by atoms with E-state index in [2.05, 4.69) is 0 Å². The van der Waals surface area contributed by atoms with Crippen molar-refractivity contribution < 1.29 is 6.17 Å². The average Bonchev–Trinajstić information content (AvgIpc) is 2.49. The van der Waals surface area contributed by atoms with E-state index in [1.54, 1.807) is 0 Å². The Morgan fingerprint density at radius 3 is 3.33 bits per heavy atom. The molecule has 0 saturated heterocycles. The third-order valence-electron chi connectivity index (χ3n) is 3.13. The highest BCUT2D eigenvalue weighted by Gasteiger charge is 2.31. The van der Waals surface area contributed by atoms with Crippen LogP contribution in [0.5, 0.6) is 0 Å². The Labute approximate surface area is 75.3 Å². The molecule has 0 radical (unpaired) electrons. The number of ketones is 1. The van der Waals surface area contributed by atoms with Gasteiger partial charge < -0.3 is 0 Å². The lowest BCUT2D eigenvalue weighted by Crippen LogP contribution is -2.19. The molecule has 2 atom stereocenters. The van der Waals surface area contributed by atoms with Gasteiger partial charge in [-0.25, -0.2) is 0 Å². The number of allylic oxidation sites excluding steroid dienone is 2. The van der Waals surface area contributed by atoms with Crippen LogP contribution in [0.1, 0.15) is 39.9 Å². The first-order chi connectivity index (χ1) is 6.27. The highest BCUT2D eigenvalue weighted by Crippen LogP contribution is 2.36. The van der Waals surface area contributed by atoms with Crippen LogP contribution in [0.25, 0.3) is 0 Å². The average molecular weight is 165 g/mol. The Bertz CT molecular complexity index is 244. The molecule has 1 fully saturated rings. The second kappa shape index (κ2) is 3.42. The zero-order valence-electron chi connectivity index (χ0n) is 8.38. The van der Waals surface area contributed by atoms with E-state index in [0.717, 1.165) is 31.7 Å². The zero-order valence-corrected chi connectivity index (χ0v) is 7.38. The summed E-state index contributed by atoms with van der Waals surface area (Å²) < 4.78 is 7.68. The van der Waals surface area contributed by atoms with E-state index in [0.29, 0.717) is 24.0 Å². The van der Waals surface area contributed by atoms with Crippen LogP contribution in [0.3, 0.4) is 0 Å². The minimum absolute atomic E-state index is 0.300. The molecule has 2 aliphatic rings. The minimum atomic E-state index is 0.300. The Morgan fingerprint density at radius 1 is 1.50 bits per heavy atom. The molecule has 0 aromatic heterocycles. The van der Waals surface area contributed by atoms with E-state index in [1.807, 2.05) is 6.08 Å². The highest BCUT2D eigenvalue weighted by molar-refractivity contribution is 5.81. The van der Waals surface area contributed by atoms with Gasteiger partial charge in [-0.2, -0.15) is 0 Å². The second-order valence-electron chi connectivity index (χ2n) is 3.91. The first kappa shape index (κ1) is 6.88. The van der Waals surface area contributed by atoms with Crippen LogP contribution in [-0.2, 0) is 4.79 Å². The van der Waals surface area contributed by atoms with E-state index in [-0.39, 0.29) is 0 Å². The SMILES string of the molecule is [2H]/C1=C/CCC(=O)[C@@H]2CCC[C@@H]2C1. The lowest BCUT2D eigenvalue weighted by atomic mass is 9.86. The van der Waals surface area contributed by atoms with Crippen LogP contribution >= 0.6 is 0 Å². The molecule has 66 valence electrons. The van der Waals surface area contributed by atoms with E-state index >= 15 is 0 Å².